The van der Waals surface area contributed by atoms with Gasteiger partial charge < -0.3 is 10.5 Å². The standard InChI is InChI=1S/C12H14FN3O/c1-9-8-10(2-3-11(9)13)17-7-6-16-5-4-12(14)15-16/h2-5,8H,6-7H2,1H3,(H2,14,15). The first-order valence-corrected chi connectivity index (χ1v) is 5.33. The maximum Gasteiger partial charge on any atom is 0.145 e. The number of nitrogen functional groups attached to an aromatic ring is 1. The van der Waals surface area contributed by atoms with Crippen molar-refractivity contribution in [2.45, 2.75) is 13.5 Å². The Balaban J connectivity index is 1.87. The molecule has 1 heterocycles. The molecule has 2 rings (SSSR count). The van der Waals surface area contributed by atoms with Gasteiger partial charge in [0.1, 0.15) is 24.0 Å². The summed E-state index contributed by atoms with van der Waals surface area (Å²) in [5, 5.41) is 4.03. The van der Waals surface area contributed by atoms with Crippen molar-refractivity contribution in [3.8, 4) is 5.75 Å². The molecule has 4 nitrogen and oxygen atoms in total. The van der Waals surface area contributed by atoms with Gasteiger partial charge in [0, 0.05) is 6.20 Å². The van der Waals surface area contributed by atoms with Crippen LogP contribution in [0.5, 0.6) is 5.75 Å². The molecule has 2 N–H and O–H groups in total. The lowest BCUT2D eigenvalue weighted by atomic mass is 10.2. The van der Waals surface area contributed by atoms with Crippen LogP contribution >= 0.6 is 0 Å². The molecular formula is C12H14FN3O. The molecule has 0 unspecified atom stereocenters. The minimum Gasteiger partial charge on any atom is -0.492 e. The predicted molar refractivity (Wildman–Crippen MR) is 63.3 cm³/mol. The number of nitrogens with zero attached hydrogens (tertiary/aromatic N) is 2. The molecule has 5 heteroatoms. The van der Waals surface area contributed by atoms with Crippen LogP contribution in [-0.4, -0.2) is 16.4 Å². The van der Waals surface area contributed by atoms with Crippen molar-refractivity contribution in [1.82, 2.24) is 9.78 Å². The molecule has 0 amide bonds. The van der Waals surface area contributed by atoms with E-state index in [4.69, 9.17) is 10.5 Å². The highest BCUT2D eigenvalue weighted by Gasteiger charge is 2.00. The third-order valence-electron chi connectivity index (χ3n) is 2.38. The van der Waals surface area contributed by atoms with Gasteiger partial charge >= 0.3 is 0 Å². The average molecular weight is 235 g/mol. The van der Waals surface area contributed by atoms with Crippen molar-refractivity contribution in [2.75, 3.05) is 12.3 Å². The summed E-state index contributed by atoms with van der Waals surface area (Å²) < 4.78 is 20.2. The summed E-state index contributed by atoms with van der Waals surface area (Å²) in [6, 6.07) is 6.41. The lowest BCUT2D eigenvalue weighted by Gasteiger charge is -2.07. The number of anilines is 1. The van der Waals surface area contributed by atoms with Gasteiger partial charge in [0.05, 0.1) is 6.54 Å². The van der Waals surface area contributed by atoms with Crippen LogP contribution in [0.15, 0.2) is 30.5 Å². The zero-order chi connectivity index (χ0) is 12.3. The molecule has 90 valence electrons. The molecular weight excluding hydrogens is 221 g/mol. The lowest BCUT2D eigenvalue weighted by molar-refractivity contribution is 0.291. The van der Waals surface area contributed by atoms with Crippen LogP contribution in [0.25, 0.3) is 0 Å². The van der Waals surface area contributed by atoms with Gasteiger partial charge in [-0.2, -0.15) is 5.10 Å². The first-order chi connectivity index (χ1) is 8.15. The van der Waals surface area contributed by atoms with Crippen LogP contribution in [0, 0.1) is 12.7 Å². The summed E-state index contributed by atoms with van der Waals surface area (Å²) >= 11 is 0. The number of nitrogens with two attached hydrogens (primary N) is 1. The second kappa shape index (κ2) is 4.86. The van der Waals surface area contributed by atoms with Crippen LogP contribution in [-0.2, 0) is 6.54 Å². The monoisotopic (exact) mass is 235 g/mol. The summed E-state index contributed by atoms with van der Waals surface area (Å²) in [6.07, 6.45) is 1.79. The molecule has 1 aromatic heterocycles. The van der Waals surface area contributed by atoms with Gasteiger partial charge in [-0.15, -0.1) is 0 Å². The Morgan fingerprint density at radius 2 is 2.24 bits per heavy atom. The quantitative estimate of drug-likeness (QED) is 0.881. The Labute approximate surface area is 98.8 Å². The highest BCUT2D eigenvalue weighted by molar-refractivity contribution is 5.28. The molecule has 0 fully saturated rings. The Morgan fingerprint density at radius 3 is 2.88 bits per heavy atom. The smallest absolute Gasteiger partial charge is 0.145 e. The van der Waals surface area contributed by atoms with E-state index in [0.29, 0.717) is 30.3 Å². The van der Waals surface area contributed by atoms with Gasteiger partial charge in [-0.1, -0.05) is 0 Å². The fourth-order valence-corrected chi connectivity index (χ4v) is 1.47. The molecule has 0 aliphatic rings. The minimum absolute atomic E-state index is 0.225. The third-order valence-corrected chi connectivity index (χ3v) is 2.38. The fraction of sp³-hybridized carbons (Fsp3) is 0.250. The number of rotatable bonds is 4. The largest absolute Gasteiger partial charge is 0.492 e. The second-order valence-electron chi connectivity index (χ2n) is 3.76. The number of halogens is 1. The van der Waals surface area contributed by atoms with Crippen molar-refractivity contribution in [3.63, 3.8) is 0 Å². The number of hydrogen-bond acceptors (Lipinski definition) is 3. The van der Waals surface area contributed by atoms with Gasteiger partial charge in [0.15, 0.2) is 0 Å². The number of hydrogen-bond donors (Lipinski definition) is 1. The Hall–Kier alpha value is -2.04. The third kappa shape index (κ3) is 2.96. The molecule has 0 aliphatic carbocycles. The summed E-state index contributed by atoms with van der Waals surface area (Å²) in [4.78, 5) is 0. The van der Waals surface area contributed by atoms with Crippen molar-refractivity contribution >= 4 is 5.82 Å². The Morgan fingerprint density at radius 1 is 1.41 bits per heavy atom. The van der Waals surface area contributed by atoms with E-state index in [1.807, 2.05) is 0 Å². The average Bonchev–Trinajstić information content (AvgIpc) is 2.70. The normalized spacial score (nSPS) is 10.5. The van der Waals surface area contributed by atoms with Crippen molar-refractivity contribution in [1.29, 1.82) is 0 Å². The van der Waals surface area contributed by atoms with Crippen LogP contribution in [0.2, 0.25) is 0 Å². The van der Waals surface area contributed by atoms with E-state index in [9.17, 15) is 4.39 Å². The molecule has 0 aliphatic heterocycles. The van der Waals surface area contributed by atoms with E-state index >= 15 is 0 Å². The molecule has 0 bridgehead atoms. The van der Waals surface area contributed by atoms with Crippen molar-refractivity contribution in [2.24, 2.45) is 0 Å². The topological polar surface area (TPSA) is 53.1 Å². The molecule has 0 saturated carbocycles. The Kier molecular flexibility index (Phi) is 3.27. The molecule has 0 atom stereocenters. The molecule has 17 heavy (non-hydrogen) atoms. The van der Waals surface area contributed by atoms with Gasteiger partial charge in [0.25, 0.3) is 0 Å². The maximum atomic E-state index is 13.0. The van der Waals surface area contributed by atoms with E-state index < -0.39 is 0 Å². The van der Waals surface area contributed by atoms with Crippen LogP contribution in [0.4, 0.5) is 10.2 Å². The predicted octanol–water partition coefficient (Wildman–Crippen LogP) is 1.99. The van der Waals surface area contributed by atoms with E-state index in [2.05, 4.69) is 5.10 Å². The van der Waals surface area contributed by atoms with Crippen LogP contribution in [0.3, 0.4) is 0 Å². The Bertz CT molecular complexity index is 510. The SMILES string of the molecule is Cc1cc(OCCn2ccc(N)n2)ccc1F. The van der Waals surface area contributed by atoms with E-state index in [1.54, 1.807) is 36.0 Å². The lowest BCUT2D eigenvalue weighted by Crippen LogP contribution is -2.09. The number of ether oxygens (including phenoxy) is 1. The highest BCUT2D eigenvalue weighted by Crippen LogP contribution is 2.15. The van der Waals surface area contributed by atoms with Crippen molar-refractivity contribution in [3.05, 3.63) is 41.8 Å². The van der Waals surface area contributed by atoms with Gasteiger partial charge in [-0.25, -0.2) is 4.39 Å². The first-order valence-electron chi connectivity index (χ1n) is 5.33. The van der Waals surface area contributed by atoms with Gasteiger partial charge in [-0.05, 0) is 36.8 Å². The summed E-state index contributed by atoms with van der Waals surface area (Å²) in [5.41, 5.74) is 6.06. The van der Waals surface area contributed by atoms with Gasteiger partial charge in [0.2, 0.25) is 0 Å². The maximum absolute atomic E-state index is 13.0. The summed E-state index contributed by atoms with van der Waals surface area (Å²) in [7, 11) is 0. The molecule has 1 aromatic carbocycles. The molecule has 2 aromatic rings. The molecule has 0 spiro atoms. The minimum atomic E-state index is -0.225. The molecule has 0 saturated heterocycles. The second-order valence-corrected chi connectivity index (χ2v) is 3.76. The summed E-state index contributed by atoms with van der Waals surface area (Å²) in [6.45, 7) is 2.77. The van der Waals surface area contributed by atoms with Crippen molar-refractivity contribution < 1.29 is 9.13 Å². The zero-order valence-corrected chi connectivity index (χ0v) is 9.56. The summed E-state index contributed by atoms with van der Waals surface area (Å²) in [5.74, 6) is 0.920. The van der Waals surface area contributed by atoms with Gasteiger partial charge in [-0.3, -0.25) is 4.68 Å². The number of aromatic nitrogens is 2. The zero-order valence-electron chi connectivity index (χ0n) is 9.56. The number of benzene rings is 1. The van der Waals surface area contributed by atoms with E-state index in [-0.39, 0.29) is 5.82 Å². The van der Waals surface area contributed by atoms with Crippen LogP contribution < -0.4 is 10.5 Å². The first kappa shape index (κ1) is 11.4. The van der Waals surface area contributed by atoms with E-state index in [1.165, 1.54) is 6.07 Å². The number of aryl methyl sites for hydroxylation is 1. The molecule has 0 radical (unpaired) electrons. The van der Waals surface area contributed by atoms with Crippen LogP contribution in [0.1, 0.15) is 5.56 Å². The van der Waals surface area contributed by atoms with E-state index in [0.717, 1.165) is 0 Å². The fourth-order valence-electron chi connectivity index (χ4n) is 1.47. The highest BCUT2D eigenvalue weighted by atomic mass is 19.1.